The molecule has 0 bridgehead atoms. The minimum atomic E-state index is -0.718. The summed E-state index contributed by atoms with van der Waals surface area (Å²) in [7, 11) is 0. The quantitative estimate of drug-likeness (QED) is 0.305. The van der Waals surface area contributed by atoms with Crippen molar-refractivity contribution in [2.45, 2.75) is 32.7 Å². The third-order valence-electron chi connectivity index (χ3n) is 5.55. The fourth-order valence-electron chi connectivity index (χ4n) is 3.96. The summed E-state index contributed by atoms with van der Waals surface area (Å²) in [4.78, 5) is 50.8. The molecule has 1 aromatic carbocycles. The maximum Gasteiger partial charge on any atom is 0.338 e. The molecular weight excluding hydrogens is 384 g/mol. The number of benzene rings is 1. The minimum Gasteiger partial charge on any atom is -0.454 e. The molecule has 0 unspecified atom stereocenters. The van der Waals surface area contributed by atoms with Crippen molar-refractivity contribution in [3.8, 4) is 0 Å². The van der Waals surface area contributed by atoms with Crippen molar-refractivity contribution < 1.29 is 23.9 Å². The zero-order chi connectivity index (χ0) is 21.6. The first-order chi connectivity index (χ1) is 14.3. The molecule has 7 nitrogen and oxygen atoms in total. The van der Waals surface area contributed by atoms with E-state index >= 15 is 0 Å². The number of imide groups is 1. The molecule has 1 saturated carbocycles. The predicted molar refractivity (Wildman–Crippen MR) is 109 cm³/mol. The number of hydrogen-bond acceptors (Lipinski definition) is 5. The monoisotopic (exact) mass is 406 g/mol. The van der Waals surface area contributed by atoms with Crippen LogP contribution >= 0.6 is 0 Å². The Labute approximate surface area is 173 Å². The number of carbonyl (C=O) groups excluding carboxylic acids is 4. The second-order valence-electron chi connectivity index (χ2n) is 7.66. The van der Waals surface area contributed by atoms with E-state index in [1.54, 1.807) is 0 Å². The summed E-state index contributed by atoms with van der Waals surface area (Å²) < 4.78 is 7.36. The number of amides is 2. The first-order valence-corrected chi connectivity index (χ1v) is 9.83. The van der Waals surface area contributed by atoms with E-state index in [1.807, 2.05) is 19.9 Å². The van der Waals surface area contributed by atoms with Gasteiger partial charge in [-0.1, -0.05) is 6.08 Å². The number of rotatable bonds is 7. The van der Waals surface area contributed by atoms with E-state index in [-0.39, 0.29) is 35.6 Å². The molecule has 1 aliphatic carbocycles. The topological polar surface area (TPSA) is 85.7 Å². The Morgan fingerprint density at radius 3 is 2.50 bits per heavy atom. The fourth-order valence-corrected chi connectivity index (χ4v) is 3.96. The maximum atomic E-state index is 12.6. The average Bonchev–Trinajstić information content (AvgIpc) is 3.48. The number of ether oxygens (including phenoxy) is 1. The molecule has 154 valence electrons. The van der Waals surface area contributed by atoms with Gasteiger partial charge in [-0.25, -0.2) is 4.79 Å². The lowest BCUT2D eigenvalue weighted by molar-refractivity contribution is 0.0474. The van der Waals surface area contributed by atoms with Crippen molar-refractivity contribution in [2.24, 2.45) is 0 Å². The fraction of sp³-hybridized carbons (Fsp3) is 0.304. The zero-order valence-corrected chi connectivity index (χ0v) is 16.9. The molecule has 4 rings (SSSR count). The first-order valence-electron chi connectivity index (χ1n) is 9.83. The highest BCUT2D eigenvalue weighted by molar-refractivity contribution is 6.22. The normalized spacial score (nSPS) is 15.3. The Hall–Kier alpha value is -3.48. The number of aromatic nitrogens is 1. The molecule has 0 N–H and O–H groups in total. The van der Waals surface area contributed by atoms with Crippen LogP contribution in [0.5, 0.6) is 0 Å². The molecule has 0 atom stereocenters. The number of fused-ring (bicyclic) bond motifs is 1. The van der Waals surface area contributed by atoms with Crippen molar-refractivity contribution in [3.05, 3.63) is 70.6 Å². The summed E-state index contributed by atoms with van der Waals surface area (Å²) in [5.41, 5.74) is 2.97. The van der Waals surface area contributed by atoms with Crippen LogP contribution in [-0.2, 0) is 4.74 Å². The number of ketones is 1. The second kappa shape index (κ2) is 7.40. The molecule has 0 spiro atoms. The molecule has 1 aliphatic heterocycles. The van der Waals surface area contributed by atoms with E-state index in [9.17, 15) is 19.2 Å². The lowest BCUT2D eigenvalue weighted by atomic mass is 10.1. The lowest BCUT2D eigenvalue weighted by Gasteiger charge is -2.09. The summed E-state index contributed by atoms with van der Waals surface area (Å²) in [5, 5.41) is 0. The maximum absolute atomic E-state index is 12.6. The summed E-state index contributed by atoms with van der Waals surface area (Å²) >= 11 is 0. The highest BCUT2D eigenvalue weighted by Crippen LogP contribution is 2.38. The highest BCUT2D eigenvalue weighted by Gasteiger charge is 2.35. The van der Waals surface area contributed by atoms with Gasteiger partial charge in [0.2, 0.25) is 5.78 Å². The minimum absolute atomic E-state index is 0.0971. The van der Waals surface area contributed by atoms with Gasteiger partial charge in [0.25, 0.3) is 11.8 Å². The molecule has 0 radical (unpaired) electrons. The third-order valence-corrected chi connectivity index (χ3v) is 5.55. The lowest BCUT2D eigenvalue weighted by Crippen LogP contribution is -2.29. The Kier molecular flexibility index (Phi) is 4.89. The summed E-state index contributed by atoms with van der Waals surface area (Å²) in [5.74, 6) is -1.89. The van der Waals surface area contributed by atoms with Crippen LogP contribution in [0.4, 0.5) is 0 Å². The summed E-state index contributed by atoms with van der Waals surface area (Å²) in [6, 6.07) is 6.48. The zero-order valence-electron chi connectivity index (χ0n) is 16.9. The number of hydrogen-bond donors (Lipinski definition) is 0. The van der Waals surface area contributed by atoms with Crippen molar-refractivity contribution in [2.75, 3.05) is 13.2 Å². The molecule has 2 aromatic rings. The van der Waals surface area contributed by atoms with Gasteiger partial charge in [0.05, 0.1) is 16.7 Å². The molecule has 30 heavy (non-hydrogen) atoms. The number of Topliss-reactive ketones (excluding diaryl/α,β-unsaturated/α-hetero) is 1. The van der Waals surface area contributed by atoms with Crippen LogP contribution in [-0.4, -0.2) is 46.2 Å². The summed E-state index contributed by atoms with van der Waals surface area (Å²) in [6.45, 7) is 7.11. The molecule has 1 fully saturated rings. The third kappa shape index (κ3) is 3.26. The van der Waals surface area contributed by atoms with Crippen molar-refractivity contribution in [3.63, 3.8) is 0 Å². The van der Waals surface area contributed by atoms with Gasteiger partial charge >= 0.3 is 5.97 Å². The van der Waals surface area contributed by atoms with Crippen LogP contribution in [0.3, 0.4) is 0 Å². The molecule has 2 heterocycles. The Bertz CT molecular complexity index is 1110. The number of esters is 1. The van der Waals surface area contributed by atoms with Gasteiger partial charge in [0.15, 0.2) is 6.61 Å². The van der Waals surface area contributed by atoms with Gasteiger partial charge < -0.3 is 9.30 Å². The van der Waals surface area contributed by atoms with E-state index in [2.05, 4.69) is 11.1 Å². The van der Waals surface area contributed by atoms with Gasteiger partial charge in [0, 0.05) is 29.5 Å². The molecule has 1 aromatic heterocycles. The Morgan fingerprint density at radius 1 is 1.13 bits per heavy atom. The van der Waals surface area contributed by atoms with E-state index in [4.69, 9.17) is 4.74 Å². The van der Waals surface area contributed by atoms with Crippen LogP contribution in [0.25, 0.3) is 0 Å². The van der Waals surface area contributed by atoms with E-state index in [0.29, 0.717) is 11.6 Å². The van der Waals surface area contributed by atoms with Crippen LogP contribution in [0, 0.1) is 13.8 Å². The Morgan fingerprint density at radius 2 is 1.83 bits per heavy atom. The molecule has 7 heteroatoms. The van der Waals surface area contributed by atoms with Crippen molar-refractivity contribution in [1.29, 1.82) is 0 Å². The SMILES string of the molecule is C=CCN1C(=O)c2ccc(C(=O)OCC(=O)c3cc(C)n(C4CC4)c3C)cc2C1=O. The predicted octanol–water partition coefficient (Wildman–Crippen LogP) is 3.26. The van der Waals surface area contributed by atoms with Crippen molar-refractivity contribution in [1.82, 2.24) is 9.47 Å². The first kappa shape index (κ1) is 19.8. The van der Waals surface area contributed by atoms with E-state index in [0.717, 1.165) is 29.1 Å². The van der Waals surface area contributed by atoms with E-state index in [1.165, 1.54) is 24.3 Å². The van der Waals surface area contributed by atoms with Gasteiger partial charge in [-0.3, -0.25) is 19.3 Å². The largest absolute Gasteiger partial charge is 0.454 e. The van der Waals surface area contributed by atoms with Crippen LogP contribution in [0.15, 0.2) is 36.9 Å². The standard InChI is InChI=1S/C23H22N2O5/c1-4-9-24-21(27)17-8-5-15(11-19(17)22(24)28)23(29)30-12-20(26)18-10-13(2)25(14(18)3)16-6-7-16/h4-5,8,10-11,16H,1,6-7,9,12H2,2-3H3. The molecule has 2 aliphatic rings. The number of nitrogens with zero attached hydrogens (tertiary/aromatic N) is 2. The van der Waals surface area contributed by atoms with E-state index < -0.39 is 17.8 Å². The molecule has 0 saturated heterocycles. The van der Waals surface area contributed by atoms with Crippen LogP contribution in [0.1, 0.15) is 71.7 Å². The summed E-state index contributed by atoms with van der Waals surface area (Å²) in [6.07, 6.45) is 3.69. The van der Waals surface area contributed by atoms with Gasteiger partial charge in [0.1, 0.15) is 0 Å². The second-order valence-corrected chi connectivity index (χ2v) is 7.66. The number of carbonyl (C=O) groups is 4. The van der Waals surface area contributed by atoms with Gasteiger partial charge in [-0.2, -0.15) is 0 Å². The Balaban J connectivity index is 1.46. The molecule has 2 amide bonds. The number of aryl methyl sites for hydroxylation is 1. The van der Waals surface area contributed by atoms with Gasteiger partial charge in [-0.15, -0.1) is 6.58 Å². The highest BCUT2D eigenvalue weighted by atomic mass is 16.5. The van der Waals surface area contributed by atoms with Crippen LogP contribution in [0.2, 0.25) is 0 Å². The smallest absolute Gasteiger partial charge is 0.338 e. The van der Waals surface area contributed by atoms with Crippen molar-refractivity contribution >= 4 is 23.6 Å². The van der Waals surface area contributed by atoms with Crippen LogP contribution < -0.4 is 0 Å². The van der Waals surface area contributed by atoms with Gasteiger partial charge in [-0.05, 0) is 51.0 Å². The molecular formula is C23H22N2O5. The average molecular weight is 406 g/mol.